The molecule has 1 aromatic rings. The third-order valence-corrected chi connectivity index (χ3v) is 2.45. The van der Waals surface area contributed by atoms with Crippen LogP contribution in [0.25, 0.3) is 0 Å². The second kappa shape index (κ2) is 6.24. The van der Waals surface area contributed by atoms with Gasteiger partial charge in [-0.2, -0.15) is 0 Å². The van der Waals surface area contributed by atoms with Gasteiger partial charge in [0.2, 0.25) is 0 Å². The van der Waals surface area contributed by atoms with Gasteiger partial charge in [0.15, 0.2) is 0 Å². The molecule has 84 valence electrons. The lowest BCUT2D eigenvalue weighted by Gasteiger charge is -2.18. The van der Waals surface area contributed by atoms with Crippen LogP contribution in [0.3, 0.4) is 0 Å². The molecule has 0 aromatic carbocycles. The van der Waals surface area contributed by atoms with Crippen LogP contribution in [0.2, 0.25) is 0 Å². The number of nitrogens with two attached hydrogens (primary N) is 1. The Balaban J connectivity index is 2.34. The minimum absolute atomic E-state index is 0.706. The number of aromatic nitrogens is 1. The molecule has 3 N–H and O–H groups in total. The minimum Gasteiger partial charge on any atom is -0.396 e. The topological polar surface area (TPSA) is 54.2 Å². The first-order valence-corrected chi connectivity index (χ1v) is 5.44. The largest absolute Gasteiger partial charge is 0.396 e. The second-order valence-corrected chi connectivity index (χ2v) is 3.39. The van der Waals surface area contributed by atoms with Crippen molar-refractivity contribution >= 4 is 11.5 Å². The summed E-state index contributed by atoms with van der Waals surface area (Å²) in [5.74, 6) is 0.782. The molecule has 4 heteroatoms. The van der Waals surface area contributed by atoms with Crippen LogP contribution in [0.1, 0.15) is 13.8 Å². The molecule has 0 aliphatic rings. The summed E-state index contributed by atoms with van der Waals surface area (Å²) >= 11 is 0. The summed E-state index contributed by atoms with van der Waals surface area (Å²) in [4.78, 5) is 6.53. The van der Waals surface area contributed by atoms with Gasteiger partial charge in [-0.15, -0.1) is 0 Å². The van der Waals surface area contributed by atoms with Crippen molar-refractivity contribution in [1.29, 1.82) is 0 Å². The molecule has 0 bridgehead atoms. The van der Waals surface area contributed by atoms with E-state index in [0.29, 0.717) is 5.69 Å². The first-order valence-electron chi connectivity index (χ1n) is 5.44. The van der Waals surface area contributed by atoms with E-state index in [9.17, 15) is 0 Å². The molecule has 1 aromatic heterocycles. The monoisotopic (exact) mass is 208 g/mol. The van der Waals surface area contributed by atoms with Gasteiger partial charge in [-0.1, -0.05) is 13.8 Å². The van der Waals surface area contributed by atoms with E-state index in [4.69, 9.17) is 5.73 Å². The normalized spacial score (nSPS) is 10.6. The number of nitrogen functional groups attached to an aromatic ring is 1. The van der Waals surface area contributed by atoms with Crippen LogP contribution in [0.5, 0.6) is 0 Å². The quantitative estimate of drug-likeness (QED) is 0.742. The molecule has 1 rings (SSSR count). The predicted octanol–water partition coefficient (Wildman–Crippen LogP) is 1.42. The molecule has 0 atom stereocenters. The summed E-state index contributed by atoms with van der Waals surface area (Å²) in [6, 6.07) is 3.69. The third-order valence-electron chi connectivity index (χ3n) is 2.45. The molecule has 0 saturated carbocycles. The average molecular weight is 208 g/mol. The predicted molar refractivity (Wildman–Crippen MR) is 64.9 cm³/mol. The van der Waals surface area contributed by atoms with Gasteiger partial charge in [-0.25, -0.2) is 4.98 Å². The van der Waals surface area contributed by atoms with E-state index in [-0.39, 0.29) is 0 Å². The van der Waals surface area contributed by atoms with Crippen LogP contribution in [0.4, 0.5) is 11.5 Å². The van der Waals surface area contributed by atoms with Crippen LogP contribution in [0, 0.1) is 0 Å². The van der Waals surface area contributed by atoms with Gasteiger partial charge in [0.05, 0.1) is 5.69 Å². The van der Waals surface area contributed by atoms with E-state index in [1.54, 1.807) is 6.20 Å². The van der Waals surface area contributed by atoms with E-state index in [0.717, 1.165) is 32.0 Å². The van der Waals surface area contributed by atoms with Crippen molar-refractivity contribution in [3.8, 4) is 0 Å². The molecule has 0 aliphatic heterocycles. The highest BCUT2D eigenvalue weighted by Crippen LogP contribution is 2.11. The van der Waals surface area contributed by atoms with Crippen LogP contribution in [0.15, 0.2) is 18.3 Å². The summed E-state index contributed by atoms with van der Waals surface area (Å²) in [5, 5.41) is 3.23. The second-order valence-electron chi connectivity index (χ2n) is 3.39. The van der Waals surface area contributed by atoms with Crippen LogP contribution >= 0.6 is 0 Å². The maximum Gasteiger partial charge on any atom is 0.149 e. The number of likely N-dealkylation sites (N-methyl/N-ethyl adjacent to an activating group) is 1. The van der Waals surface area contributed by atoms with Gasteiger partial charge in [-0.05, 0) is 25.2 Å². The molecular weight excluding hydrogens is 188 g/mol. The zero-order valence-electron chi connectivity index (χ0n) is 9.53. The zero-order valence-corrected chi connectivity index (χ0v) is 9.53. The van der Waals surface area contributed by atoms with E-state index >= 15 is 0 Å². The highest BCUT2D eigenvalue weighted by Gasteiger charge is 2.00. The summed E-state index contributed by atoms with van der Waals surface area (Å²) in [7, 11) is 0. The third kappa shape index (κ3) is 3.75. The molecule has 0 unspecified atom stereocenters. The Bertz CT molecular complexity index is 284. The highest BCUT2D eigenvalue weighted by atomic mass is 15.1. The Labute approximate surface area is 91.5 Å². The Kier molecular flexibility index (Phi) is 4.90. The fraction of sp³-hybridized carbons (Fsp3) is 0.545. The molecular formula is C11H20N4. The molecule has 15 heavy (non-hydrogen) atoms. The number of anilines is 2. The summed E-state index contributed by atoms with van der Waals surface area (Å²) in [6.07, 6.45) is 1.75. The number of rotatable bonds is 6. The first kappa shape index (κ1) is 11.8. The molecule has 1 heterocycles. The minimum atomic E-state index is 0.706. The lowest BCUT2D eigenvalue weighted by atomic mass is 10.4. The van der Waals surface area contributed by atoms with E-state index in [1.807, 2.05) is 12.1 Å². The smallest absolute Gasteiger partial charge is 0.149 e. The number of hydrogen-bond acceptors (Lipinski definition) is 4. The average Bonchev–Trinajstić information content (AvgIpc) is 2.27. The fourth-order valence-electron chi connectivity index (χ4n) is 1.44. The van der Waals surface area contributed by atoms with Gasteiger partial charge in [0.1, 0.15) is 5.82 Å². The van der Waals surface area contributed by atoms with Crippen molar-refractivity contribution in [2.45, 2.75) is 13.8 Å². The van der Waals surface area contributed by atoms with Gasteiger partial charge in [-0.3, -0.25) is 0 Å². The molecule has 0 amide bonds. The van der Waals surface area contributed by atoms with Gasteiger partial charge < -0.3 is 16.0 Å². The Morgan fingerprint density at radius 2 is 2.13 bits per heavy atom. The van der Waals surface area contributed by atoms with Crippen molar-refractivity contribution in [2.75, 3.05) is 37.2 Å². The van der Waals surface area contributed by atoms with Gasteiger partial charge in [0.25, 0.3) is 0 Å². The van der Waals surface area contributed by atoms with Crippen LogP contribution < -0.4 is 11.1 Å². The lowest BCUT2D eigenvalue weighted by Crippen LogP contribution is -2.28. The van der Waals surface area contributed by atoms with Crippen molar-refractivity contribution in [3.05, 3.63) is 18.3 Å². The van der Waals surface area contributed by atoms with Crippen molar-refractivity contribution in [1.82, 2.24) is 9.88 Å². The van der Waals surface area contributed by atoms with Crippen molar-refractivity contribution < 1.29 is 0 Å². The van der Waals surface area contributed by atoms with Crippen molar-refractivity contribution in [2.24, 2.45) is 0 Å². The number of hydrogen-bond donors (Lipinski definition) is 2. The van der Waals surface area contributed by atoms with Crippen LogP contribution in [-0.4, -0.2) is 36.1 Å². The summed E-state index contributed by atoms with van der Waals surface area (Å²) in [5.41, 5.74) is 6.47. The first-order chi connectivity index (χ1) is 7.27. The number of pyridine rings is 1. The summed E-state index contributed by atoms with van der Waals surface area (Å²) < 4.78 is 0. The number of nitrogens with one attached hydrogen (secondary N) is 1. The van der Waals surface area contributed by atoms with E-state index < -0.39 is 0 Å². The van der Waals surface area contributed by atoms with Gasteiger partial charge >= 0.3 is 0 Å². The molecule has 0 fully saturated rings. The molecule has 4 nitrogen and oxygen atoms in total. The fourth-order valence-corrected chi connectivity index (χ4v) is 1.44. The zero-order chi connectivity index (χ0) is 11.1. The van der Waals surface area contributed by atoms with E-state index in [2.05, 4.69) is 29.0 Å². The van der Waals surface area contributed by atoms with E-state index in [1.165, 1.54) is 0 Å². The van der Waals surface area contributed by atoms with Gasteiger partial charge in [0, 0.05) is 19.3 Å². The Morgan fingerprint density at radius 3 is 2.73 bits per heavy atom. The Hall–Kier alpha value is -1.29. The molecule has 0 radical (unpaired) electrons. The maximum absolute atomic E-state index is 5.76. The van der Waals surface area contributed by atoms with Crippen molar-refractivity contribution in [3.63, 3.8) is 0 Å². The standard InChI is InChI=1S/C11H20N4/c1-3-15(4-2)9-8-14-11-10(12)6-5-7-13-11/h5-7H,3-4,8-9,12H2,1-2H3,(H,13,14). The SMILES string of the molecule is CCN(CC)CCNc1ncccc1N. The Morgan fingerprint density at radius 1 is 1.40 bits per heavy atom. The lowest BCUT2D eigenvalue weighted by molar-refractivity contribution is 0.316. The molecule has 0 aliphatic carbocycles. The summed E-state index contributed by atoms with van der Waals surface area (Å²) in [6.45, 7) is 8.38. The highest BCUT2D eigenvalue weighted by molar-refractivity contribution is 5.60. The number of nitrogens with zero attached hydrogens (tertiary/aromatic N) is 2. The maximum atomic E-state index is 5.76. The van der Waals surface area contributed by atoms with Crippen LogP contribution in [-0.2, 0) is 0 Å². The molecule has 0 saturated heterocycles. The molecule has 0 spiro atoms.